The third kappa shape index (κ3) is 31.9. The van der Waals surface area contributed by atoms with E-state index in [0.717, 1.165) is 0 Å². The lowest BCUT2D eigenvalue weighted by Crippen LogP contribution is -2.50. The fourth-order valence-corrected chi connectivity index (χ4v) is 7.53. The first-order valence-corrected chi connectivity index (χ1v) is 21.6. The first-order chi connectivity index (χ1) is 21.7. The summed E-state index contributed by atoms with van der Waals surface area (Å²) in [6, 6.07) is 0. The molecule has 1 nitrogen and oxygen atoms in total. The second-order valence-electron chi connectivity index (χ2n) is 15.2. The van der Waals surface area contributed by atoms with Gasteiger partial charge in [0.15, 0.2) is 0 Å². The van der Waals surface area contributed by atoms with E-state index in [-0.39, 0.29) is 0 Å². The van der Waals surface area contributed by atoms with Crippen LogP contribution in [0, 0.1) is 0 Å². The highest BCUT2D eigenvalue weighted by Gasteiger charge is 2.25. The number of rotatable bonds is 39. The lowest BCUT2D eigenvalue weighted by Gasteiger charge is -2.40. The molecule has 0 fully saturated rings. The Hall–Kier alpha value is -0.0400. The van der Waals surface area contributed by atoms with Crippen molar-refractivity contribution in [3.63, 3.8) is 0 Å². The molecule has 0 aliphatic carbocycles. The Morgan fingerprint density at radius 3 is 0.477 bits per heavy atom. The van der Waals surface area contributed by atoms with Crippen molar-refractivity contribution in [1.29, 1.82) is 0 Å². The molecule has 0 heterocycles. The summed E-state index contributed by atoms with van der Waals surface area (Å²) in [4.78, 5) is 0. The molecule has 0 aromatic rings. The van der Waals surface area contributed by atoms with E-state index in [1.165, 1.54) is 255 Å². The highest BCUT2D eigenvalue weighted by Crippen LogP contribution is 2.21. The van der Waals surface area contributed by atoms with Crippen LogP contribution in [-0.2, 0) is 0 Å². The van der Waals surface area contributed by atoms with Crippen LogP contribution in [0.3, 0.4) is 0 Å². The van der Waals surface area contributed by atoms with Gasteiger partial charge in [-0.2, -0.15) is 0 Å². The molecule has 0 rings (SSSR count). The zero-order valence-electron chi connectivity index (χ0n) is 32.0. The maximum absolute atomic E-state index is 2.34. The van der Waals surface area contributed by atoms with Gasteiger partial charge in [-0.25, -0.2) is 0 Å². The molecule has 0 amide bonds. The van der Waals surface area contributed by atoms with Crippen LogP contribution < -0.4 is 0 Å². The van der Waals surface area contributed by atoms with Crippen molar-refractivity contribution in [2.75, 3.05) is 26.2 Å². The van der Waals surface area contributed by atoms with Gasteiger partial charge in [0.05, 0.1) is 26.2 Å². The Morgan fingerprint density at radius 1 is 0.182 bits per heavy atom. The molecule has 0 saturated heterocycles. The third-order valence-corrected chi connectivity index (χ3v) is 10.7. The molecule has 0 atom stereocenters. The van der Waals surface area contributed by atoms with Gasteiger partial charge in [-0.3, -0.25) is 0 Å². The minimum atomic E-state index is 1.37. The molecule has 0 saturated carbocycles. The zero-order chi connectivity index (χ0) is 32.1. The largest absolute Gasteiger partial charge is 0.324 e. The van der Waals surface area contributed by atoms with Gasteiger partial charge in [-0.05, 0) is 51.4 Å². The smallest absolute Gasteiger partial charge is 0.0786 e. The summed E-state index contributed by atoms with van der Waals surface area (Å²) in [5, 5.41) is 0. The normalized spacial score (nSPS) is 12.0. The van der Waals surface area contributed by atoms with Crippen LogP contribution in [0.25, 0.3) is 0 Å². The van der Waals surface area contributed by atoms with Crippen LogP contribution >= 0.6 is 0 Å². The van der Waals surface area contributed by atoms with Crippen molar-refractivity contribution in [3.05, 3.63) is 0 Å². The number of quaternary nitrogens is 1. The van der Waals surface area contributed by atoms with E-state index in [1.807, 2.05) is 0 Å². The van der Waals surface area contributed by atoms with Gasteiger partial charge >= 0.3 is 0 Å². The number of nitrogens with zero attached hydrogens (tertiary/aromatic N) is 1. The number of hydrogen-bond donors (Lipinski definition) is 0. The van der Waals surface area contributed by atoms with Crippen LogP contribution in [0.2, 0.25) is 0 Å². The fourth-order valence-electron chi connectivity index (χ4n) is 7.53. The molecule has 0 spiro atoms. The predicted octanol–water partition coefficient (Wildman–Crippen LogP) is 15.5. The van der Waals surface area contributed by atoms with Crippen LogP contribution in [0.5, 0.6) is 0 Å². The molecule has 266 valence electrons. The first-order valence-electron chi connectivity index (χ1n) is 21.6. The zero-order valence-corrected chi connectivity index (χ0v) is 32.0. The van der Waals surface area contributed by atoms with E-state index in [9.17, 15) is 0 Å². The van der Waals surface area contributed by atoms with Gasteiger partial charge in [0.25, 0.3) is 0 Å². The van der Waals surface area contributed by atoms with Crippen LogP contribution in [0.15, 0.2) is 0 Å². The van der Waals surface area contributed by atoms with E-state index < -0.39 is 0 Å². The Balaban J connectivity index is 4.64. The van der Waals surface area contributed by atoms with E-state index in [2.05, 4.69) is 27.7 Å². The molecule has 0 radical (unpaired) electrons. The van der Waals surface area contributed by atoms with E-state index >= 15 is 0 Å². The Labute approximate surface area is 282 Å². The summed E-state index contributed by atoms with van der Waals surface area (Å²) in [6.45, 7) is 15.3. The van der Waals surface area contributed by atoms with Crippen molar-refractivity contribution in [3.8, 4) is 0 Å². The van der Waals surface area contributed by atoms with Crippen LogP contribution in [-0.4, -0.2) is 30.7 Å². The van der Waals surface area contributed by atoms with Gasteiger partial charge in [0.1, 0.15) is 0 Å². The van der Waals surface area contributed by atoms with Crippen molar-refractivity contribution in [1.82, 2.24) is 0 Å². The molecular weight excluding hydrogens is 530 g/mol. The molecule has 0 bridgehead atoms. The topological polar surface area (TPSA) is 0 Å². The van der Waals surface area contributed by atoms with E-state index in [0.29, 0.717) is 0 Å². The fraction of sp³-hybridized carbons (Fsp3) is 1.00. The summed E-state index contributed by atoms with van der Waals surface area (Å²) < 4.78 is 1.48. The minimum absolute atomic E-state index is 1.37. The molecule has 0 aromatic heterocycles. The highest BCUT2D eigenvalue weighted by atomic mass is 15.3. The first kappa shape index (κ1) is 44.0. The van der Waals surface area contributed by atoms with Crippen molar-refractivity contribution >= 4 is 0 Å². The second kappa shape index (κ2) is 37.4. The summed E-state index contributed by atoms with van der Waals surface area (Å²) in [7, 11) is 0. The second-order valence-corrected chi connectivity index (χ2v) is 15.2. The van der Waals surface area contributed by atoms with Gasteiger partial charge in [0, 0.05) is 0 Å². The molecule has 1 heteroatoms. The molecule has 44 heavy (non-hydrogen) atoms. The van der Waals surface area contributed by atoms with E-state index in [4.69, 9.17) is 0 Å². The lowest BCUT2D eigenvalue weighted by atomic mass is 10.0. The van der Waals surface area contributed by atoms with Crippen LogP contribution in [0.4, 0.5) is 0 Å². The van der Waals surface area contributed by atoms with Gasteiger partial charge in [-0.15, -0.1) is 0 Å². The van der Waals surface area contributed by atoms with Gasteiger partial charge in [-0.1, -0.05) is 201 Å². The minimum Gasteiger partial charge on any atom is -0.324 e. The number of hydrogen-bond acceptors (Lipinski definition) is 0. The molecular formula is C43H90N+. The summed E-state index contributed by atoms with van der Waals surface area (Å²) >= 11 is 0. The average molecular weight is 621 g/mol. The number of unbranched alkanes of at least 4 members (excludes halogenated alkanes) is 31. The molecule has 0 unspecified atom stereocenters. The molecule has 0 N–H and O–H groups in total. The molecule has 0 aliphatic rings. The van der Waals surface area contributed by atoms with Gasteiger partial charge in [0.2, 0.25) is 0 Å². The monoisotopic (exact) mass is 621 g/mol. The quantitative estimate of drug-likeness (QED) is 0.0473. The highest BCUT2D eigenvalue weighted by molar-refractivity contribution is 4.56. The SMILES string of the molecule is CCCCCCCCCCCCCCCC[N+](CCCCCCCCC)(CCCCCCCCC)CCCCCCCCC. The predicted molar refractivity (Wildman–Crippen MR) is 204 cm³/mol. The van der Waals surface area contributed by atoms with E-state index in [1.54, 1.807) is 0 Å². The lowest BCUT2D eigenvalue weighted by molar-refractivity contribution is -0.929. The van der Waals surface area contributed by atoms with Gasteiger partial charge < -0.3 is 4.48 Å². The molecule has 0 aliphatic heterocycles. The van der Waals surface area contributed by atoms with Crippen molar-refractivity contribution < 1.29 is 4.48 Å². The van der Waals surface area contributed by atoms with Crippen LogP contribution in [0.1, 0.15) is 252 Å². The summed E-state index contributed by atoms with van der Waals surface area (Å²) in [5.41, 5.74) is 0. The third-order valence-electron chi connectivity index (χ3n) is 10.7. The summed E-state index contributed by atoms with van der Waals surface area (Å²) in [5.74, 6) is 0. The van der Waals surface area contributed by atoms with Crippen molar-refractivity contribution in [2.45, 2.75) is 252 Å². The Bertz CT molecular complexity index is 454. The maximum Gasteiger partial charge on any atom is 0.0786 e. The standard InChI is InChI=1S/C43H90N/c1-5-9-13-17-21-22-23-24-25-26-27-31-35-39-43-44(40-36-32-28-18-14-10-6-2,41-37-33-29-19-15-11-7-3)42-38-34-30-20-16-12-8-4/h5-43H2,1-4H3/q+1. The summed E-state index contributed by atoms with van der Waals surface area (Å²) in [6.07, 6.45) is 51.2. The molecule has 0 aromatic carbocycles. The maximum atomic E-state index is 2.34. The Morgan fingerprint density at radius 2 is 0.318 bits per heavy atom. The Kier molecular flexibility index (Phi) is 37.4. The van der Waals surface area contributed by atoms with Crippen molar-refractivity contribution in [2.24, 2.45) is 0 Å². The average Bonchev–Trinajstić information content (AvgIpc) is 3.03.